The van der Waals surface area contributed by atoms with Gasteiger partial charge in [-0.1, -0.05) is 71.2 Å². The number of anilines is 1. The molecule has 3 aromatic carbocycles. The highest BCUT2D eigenvalue weighted by atomic mass is 35.5. The average Bonchev–Trinajstić information content (AvgIpc) is 3.26. The van der Waals surface area contributed by atoms with Crippen molar-refractivity contribution in [2.75, 3.05) is 11.9 Å². The van der Waals surface area contributed by atoms with Crippen molar-refractivity contribution < 1.29 is 9.59 Å². The molecule has 1 atom stereocenters. The van der Waals surface area contributed by atoms with Crippen LogP contribution in [0.1, 0.15) is 34.3 Å². The van der Waals surface area contributed by atoms with E-state index in [9.17, 15) is 9.59 Å². The maximum atomic E-state index is 13.2. The maximum absolute atomic E-state index is 13.2. The lowest BCUT2D eigenvalue weighted by molar-refractivity contribution is -0.120. The van der Waals surface area contributed by atoms with Crippen molar-refractivity contribution in [2.24, 2.45) is 0 Å². The molecule has 164 valence electrons. The molecule has 4 nitrogen and oxygen atoms in total. The Morgan fingerprint density at radius 2 is 1.72 bits per heavy atom. The standard InChI is InChI=1S/C25H21Cl3N2O2/c26-18-9-11-22(19(14-18)24(31)17-5-2-1-3-6-17)29-25(32)23-7-4-12-30(23)15-16-8-10-20(27)21(28)13-16/h1-3,5-6,8-11,13-14,23H,4,7,12,15H2,(H,29,32)/t23-/m1/s1. The van der Waals surface area contributed by atoms with Crippen LogP contribution in [-0.4, -0.2) is 29.2 Å². The summed E-state index contributed by atoms with van der Waals surface area (Å²) >= 11 is 18.3. The molecular weight excluding hydrogens is 467 g/mol. The lowest BCUT2D eigenvalue weighted by atomic mass is 10.0. The van der Waals surface area contributed by atoms with E-state index in [-0.39, 0.29) is 17.7 Å². The predicted molar refractivity (Wildman–Crippen MR) is 130 cm³/mol. The fourth-order valence-corrected chi connectivity index (χ4v) is 4.45. The van der Waals surface area contributed by atoms with E-state index in [1.54, 1.807) is 48.5 Å². The molecule has 0 aromatic heterocycles. The predicted octanol–water partition coefficient (Wildman–Crippen LogP) is 6.48. The van der Waals surface area contributed by atoms with Gasteiger partial charge < -0.3 is 5.32 Å². The van der Waals surface area contributed by atoms with Gasteiger partial charge in [-0.3, -0.25) is 14.5 Å². The third-order valence-corrected chi connectivity index (χ3v) is 6.53. The van der Waals surface area contributed by atoms with Crippen LogP contribution >= 0.6 is 34.8 Å². The van der Waals surface area contributed by atoms with Gasteiger partial charge in [0.05, 0.1) is 21.8 Å². The van der Waals surface area contributed by atoms with Gasteiger partial charge in [0, 0.05) is 22.7 Å². The van der Waals surface area contributed by atoms with Gasteiger partial charge in [0.25, 0.3) is 0 Å². The van der Waals surface area contributed by atoms with Crippen LogP contribution in [0.4, 0.5) is 5.69 Å². The first-order chi connectivity index (χ1) is 15.4. The van der Waals surface area contributed by atoms with E-state index < -0.39 is 0 Å². The first-order valence-corrected chi connectivity index (χ1v) is 11.4. The number of likely N-dealkylation sites (tertiary alicyclic amines) is 1. The highest BCUT2D eigenvalue weighted by Gasteiger charge is 2.31. The van der Waals surface area contributed by atoms with Crippen LogP contribution < -0.4 is 5.32 Å². The highest BCUT2D eigenvalue weighted by Crippen LogP contribution is 2.28. The molecule has 1 aliphatic rings. The van der Waals surface area contributed by atoms with Crippen LogP contribution in [0.2, 0.25) is 15.1 Å². The molecule has 3 aromatic rings. The molecule has 0 aliphatic carbocycles. The molecule has 32 heavy (non-hydrogen) atoms. The summed E-state index contributed by atoms with van der Waals surface area (Å²) in [5.41, 5.74) is 2.35. The molecule has 1 amide bonds. The first kappa shape index (κ1) is 22.8. The second-order valence-electron chi connectivity index (χ2n) is 7.75. The Morgan fingerprint density at radius 3 is 2.47 bits per heavy atom. The molecule has 0 bridgehead atoms. The largest absolute Gasteiger partial charge is 0.324 e. The fourth-order valence-electron chi connectivity index (χ4n) is 3.96. The molecule has 0 saturated carbocycles. The molecule has 7 heteroatoms. The summed E-state index contributed by atoms with van der Waals surface area (Å²) in [4.78, 5) is 28.3. The molecule has 0 unspecified atom stereocenters. The molecule has 0 radical (unpaired) electrons. The van der Waals surface area contributed by atoms with Crippen LogP contribution in [0.25, 0.3) is 0 Å². The van der Waals surface area contributed by atoms with Crippen LogP contribution in [-0.2, 0) is 11.3 Å². The Kier molecular flexibility index (Phi) is 7.17. The zero-order valence-electron chi connectivity index (χ0n) is 17.2. The number of benzene rings is 3. The van der Waals surface area contributed by atoms with Gasteiger partial charge in [0.2, 0.25) is 5.91 Å². The van der Waals surface area contributed by atoms with E-state index in [1.807, 2.05) is 18.2 Å². The lowest BCUT2D eigenvalue weighted by Gasteiger charge is -2.24. The summed E-state index contributed by atoms with van der Waals surface area (Å²) in [5.74, 6) is -0.338. The molecular formula is C25H21Cl3N2O2. The summed E-state index contributed by atoms with van der Waals surface area (Å²) in [5, 5.41) is 4.39. The SMILES string of the molecule is O=C(c1ccccc1)c1cc(Cl)ccc1NC(=O)[C@H]1CCCN1Cc1ccc(Cl)c(Cl)c1. The smallest absolute Gasteiger partial charge is 0.241 e. The van der Waals surface area contributed by atoms with E-state index in [1.165, 1.54) is 0 Å². The van der Waals surface area contributed by atoms with Crippen molar-refractivity contribution in [3.05, 3.63) is 98.5 Å². The maximum Gasteiger partial charge on any atom is 0.241 e. The van der Waals surface area contributed by atoms with Gasteiger partial charge in [0.15, 0.2) is 5.78 Å². The van der Waals surface area contributed by atoms with E-state index in [0.29, 0.717) is 38.4 Å². The number of carbonyl (C=O) groups excluding carboxylic acids is 2. The summed E-state index contributed by atoms with van der Waals surface area (Å²) < 4.78 is 0. The van der Waals surface area contributed by atoms with Crippen molar-refractivity contribution in [2.45, 2.75) is 25.4 Å². The summed E-state index contributed by atoms with van der Waals surface area (Å²) in [6.45, 7) is 1.39. The van der Waals surface area contributed by atoms with Crippen molar-refractivity contribution in [3.8, 4) is 0 Å². The van der Waals surface area contributed by atoms with Crippen LogP contribution in [0.3, 0.4) is 0 Å². The minimum atomic E-state index is -0.306. The van der Waals surface area contributed by atoms with E-state index >= 15 is 0 Å². The zero-order valence-corrected chi connectivity index (χ0v) is 19.4. The third-order valence-electron chi connectivity index (χ3n) is 5.56. The third kappa shape index (κ3) is 5.16. The van der Waals surface area contributed by atoms with Gasteiger partial charge in [-0.15, -0.1) is 0 Å². The zero-order chi connectivity index (χ0) is 22.7. The Bertz CT molecular complexity index is 1150. The monoisotopic (exact) mass is 486 g/mol. The molecule has 4 rings (SSSR count). The first-order valence-electron chi connectivity index (χ1n) is 10.3. The second kappa shape index (κ2) is 10.1. The number of halogens is 3. The summed E-state index contributed by atoms with van der Waals surface area (Å²) in [6, 6.07) is 19.1. The van der Waals surface area contributed by atoms with Crippen LogP contribution in [0, 0.1) is 0 Å². The molecule has 1 heterocycles. The van der Waals surface area contributed by atoms with Crippen molar-refractivity contribution in [3.63, 3.8) is 0 Å². The van der Waals surface area contributed by atoms with Gasteiger partial charge in [-0.2, -0.15) is 0 Å². The molecule has 1 saturated heterocycles. The van der Waals surface area contributed by atoms with E-state index in [2.05, 4.69) is 10.2 Å². The second-order valence-corrected chi connectivity index (χ2v) is 9.00. The van der Waals surface area contributed by atoms with Gasteiger partial charge in [0.1, 0.15) is 0 Å². The Morgan fingerprint density at radius 1 is 0.938 bits per heavy atom. The number of ketones is 1. The summed E-state index contributed by atoms with van der Waals surface area (Å²) in [6.07, 6.45) is 1.65. The molecule has 1 aliphatic heterocycles. The van der Waals surface area contributed by atoms with E-state index in [4.69, 9.17) is 34.8 Å². The topological polar surface area (TPSA) is 49.4 Å². The minimum Gasteiger partial charge on any atom is -0.324 e. The highest BCUT2D eigenvalue weighted by molar-refractivity contribution is 6.42. The van der Waals surface area contributed by atoms with Crippen molar-refractivity contribution in [1.29, 1.82) is 0 Å². The average molecular weight is 488 g/mol. The van der Waals surface area contributed by atoms with Crippen molar-refractivity contribution >= 4 is 52.2 Å². The van der Waals surface area contributed by atoms with Crippen LogP contribution in [0.5, 0.6) is 0 Å². The lowest BCUT2D eigenvalue weighted by Crippen LogP contribution is -2.39. The Hall–Kier alpha value is -2.37. The normalized spacial score (nSPS) is 16.2. The fraction of sp³-hybridized carbons (Fsp3) is 0.200. The van der Waals surface area contributed by atoms with Crippen LogP contribution in [0.15, 0.2) is 66.7 Å². The molecule has 1 fully saturated rings. The number of rotatable bonds is 6. The number of nitrogens with zero attached hydrogens (tertiary/aromatic N) is 1. The van der Waals surface area contributed by atoms with Gasteiger partial charge >= 0.3 is 0 Å². The molecule has 1 N–H and O–H groups in total. The van der Waals surface area contributed by atoms with E-state index in [0.717, 1.165) is 24.9 Å². The number of hydrogen-bond acceptors (Lipinski definition) is 3. The van der Waals surface area contributed by atoms with Gasteiger partial charge in [-0.05, 0) is 55.3 Å². The number of nitrogens with one attached hydrogen (secondary N) is 1. The van der Waals surface area contributed by atoms with Crippen molar-refractivity contribution in [1.82, 2.24) is 4.90 Å². The molecule has 0 spiro atoms. The number of carbonyl (C=O) groups is 2. The summed E-state index contributed by atoms with van der Waals surface area (Å²) in [7, 11) is 0. The quantitative estimate of drug-likeness (QED) is 0.405. The number of amides is 1. The number of hydrogen-bond donors (Lipinski definition) is 1. The Balaban J connectivity index is 1.53. The Labute approximate surface area is 202 Å². The minimum absolute atomic E-state index is 0.146. The van der Waals surface area contributed by atoms with Gasteiger partial charge in [-0.25, -0.2) is 0 Å².